The van der Waals surface area contributed by atoms with Gasteiger partial charge in [0.1, 0.15) is 5.52 Å². The molecule has 2 aromatic carbocycles. The quantitative estimate of drug-likeness (QED) is 0.693. The van der Waals surface area contributed by atoms with Crippen molar-refractivity contribution in [2.75, 3.05) is 32.8 Å². The Bertz CT molecular complexity index is 968. The van der Waals surface area contributed by atoms with Gasteiger partial charge in [0.15, 0.2) is 5.76 Å². The number of ether oxygens (including phenoxy) is 1. The lowest BCUT2D eigenvalue weighted by molar-refractivity contribution is -0.0295. The summed E-state index contributed by atoms with van der Waals surface area (Å²) in [7, 11) is 0. The van der Waals surface area contributed by atoms with Gasteiger partial charge in [0.05, 0.1) is 18.1 Å². The molecule has 0 bridgehead atoms. The van der Waals surface area contributed by atoms with E-state index < -0.39 is 0 Å². The first-order valence-electron chi connectivity index (χ1n) is 10.2. The third-order valence-electron chi connectivity index (χ3n) is 5.11. The van der Waals surface area contributed by atoms with Gasteiger partial charge in [-0.25, -0.2) is 0 Å². The highest BCUT2D eigenvalue weighted by Crippen LogP contribution is 2.29. The lowest BCUT2D eigenvalue weighted by Crippen LogP contribution is -2.48. The second-order valence-electron chi connectivity index (χ2n) is 7.97. The van der Waals surface area contributed by atoms with Crippen LogP contribution in [0, 0.1) is 5.92 Å². The van der Waals surface area contributed by atoms with Crippen molar-refractivity contribution >= 4 is 16.8 Å². The van der Waals surface area contributed by atoms with Crippen LogP contribution in [0.5, 0.6) is 0 Å². The standard InChI is InChI=1S/C23H27N3O3/c1-16(2)14-26-10-11-28-19(15-26)13-24-23(27)18-8-9-21-20(12-18)22(29-25-21)17-6-4-3-5-7-17/h3-9,12,16,19H,10-11,13-15H2,1-2H3,(H,24,27). The Balaban J connectivity index is 1.44. The number of nitrogens with one attached hydrogen (secondary N) is 1. The summed E-state index contributed by atoms with van der Waals surface area (Å²) in [6.07, 6.45) is 0.0191. The monoisotopic (exact) mass is 393 g/mol. The van der Waals surface area contributed by atoms with Gasteiger partial charge in [-0.2, -0.15) is 0 Å². The molecule has 29 heavy (non-hydrogen) atoms. The molecule has 1 amide bonds. The first-order valence-corrected chi connectivity index (χ1v) is 10.2. The molecule has 0 radical (unpaired) electrons. The Morgan fingerprint density at radius 1 is 1.24 bits per heavy atom. The first-order chi connectivity index (χ1) is 14.1. The highest BCUT2D eigenvalue weighted by molar-refractivity contribution is 6.00. The van der Waals surface area contributed by atoms with Crippen molar-refractivity contribution in [3.63, 3.8) is 0 Å². The van der Waals surface area contributed by atoms with E-state index >= 15 is 0 Å². The zero-order valence-corrected chi connectivity index (χ0v) is 16.9. The fourth-order valence-electron chi connectivity index (χ4n) is 3.78. The van der Waals surface area contributed by atoms with Gasteiger partial charge >= 0.3 is 0 Å². The van der Waals surface area contributed by atoms with Crippen molar-refractivity contribution < 1.29 is 14.1 Å². The van der Waals surface area contributed by atoms with E-state index in [1.54, 1.807) is 6.07 Å². The summed E-state index contributed by atoms with van der Waals surface area (Å²) in [5.74, 6) is 1.18. The van der Waals surface area contributed by atoms with Gasteiger partial charge in [-0.3, -0.25) is 9.69 Å². The summed E-state index contributed by atoms with van der Waals surface area (Å²) in [4.78, 5) is 15.1. The minimum atomic E-state index is -0.114. The van der Waals surface area contributed by atoms with Gasteiger partial charge in [-0.15, -0.1) is 0 Å². The number of morpholine rings is 1. The van der Waals surface area contributed by atoms with Crippen molar-refractivity contribution in [2.24, 2.45) is 5.92 Å². The van der Waals surface area contributed by atoms with Gasteiger partial charge in [-0.05, 0) is 24.1 Å². The average molecular weight is 393 g/mol. The maximum absolute atomic E-state index is 12.7. The molecule has 1 saturated heterocycles. The molecule has 1 fully saturated rings. The molecular formula is C23H27N3O3. The van der Waals surface area contributed by atoms with Crippen LogP contribution in [-0.2, 0) is 4.74 Å². The van der Waals surface area contributed by atoms with Crippen LogP contribution in [0.3, 0.4) is 0 Å². The predicted octanol–water partition coefficient (Wildman–Crippen LogP) is 3.58. The van der Waals surface area contributed by atoms with Gasteiger partial charge in [-0.1, -0.05) is 49.3 Å². The number of fused-ring (bicyclic) bond motifs is 1. The molecule has 0 spiro atoms. The Hall–Kier alpha value is -2.70. The summed E-state index contributed by atoms with van der Waals surface area (Å²) in [6.45, 7) is 8.51. The molecule has 0 aliphatic carbocycles. The molecule has 152 valence electrons. The highest BCUT2D eigenvalue weighted by Gasteiger charge is 2.22. The molecule has 6 nitrogen and oxygen atoms in total. The van der Waals surface area contributed by atoms with Crippen molar-refractivity contribution in [1.82, 2.24) is 15.4 Å². The Labute approximate surface area is 170 Å². The molecule has 1 atom stereocenters. The summed E-state index contributed by atoms with van der Waals surface area (Å²) in [6, 6.07) is 15.2. The fraction of sp³-hybridized carbons (Fsp3) is 0.391. The van der Waals surface area contributed by atoms with Crippen LogP contribution in [0.2, 0.25) is 0 Å². The first kappa shape index (κ1) is 19.6. The smallest absolute Gasteiger partial charge is 0.251 e. The minimum Gasteiger partial charge on any atom is -0.374 e. The maximum atomic E-state index is 12.7. The van der Waals surface area contributed by atoms with Crippen molar-refractivity contribution in [2.45, 2.75) is 20.0 Å². The number of benzene rings is 2. The molecule has 1 aromatic heterocycles. The van der Waals surface area contributed by atoms with E-state index in [1.165, 1.54) is 0 Å². The molecule has 2 heterocycles. The molecule has 6 heteroatoms. The van der Waals surface area contributed by atoms with E-state index in [2.05, 4.69) is 29.2 Å². The van der Waals surface area contributed by atoms with Crippen LogP contribution in [0.1, 0.15) is 24.2 Å². The summed E-state index contributed by atoms with van der Waals surface area (Å²) in [5.41, 5.74) is 2.27. The number of hydrogen-bond acceptors (Lipinski definition) is 5. The van der Waals surface area contributed by atoms with E-state index in [-0.39, 0.29) is 12.0 Å². The van der Waals surface area contributed by atoms with Crippen LogP contribution >= 0.6 is 0 Å². The molecule has 3 aromatic rings. The van der Waals surface area contributed by atoms with E-state index in [0.29, 0.717) is 30.4 Å². The number of carbonyl (C=O) groups is 1. The van der Waals surface area contributed by atoms with E-state index in [1.807, 2.05) is 42.5 Å². The number of hydrogen-bond donors (Lipinski definition) is 1. The normalized spacial score (nSPS) is 17.7. The fourth-order valence-corrected chi connectivity index (χ4v) is 3.78. The van der Waals surface area contributed by atoms with Crippen molar-refractivity contribution in [3.8, 4) is 11.3 Å². The van der Waals surface area contributed by atoms with Gasteiger partial charge < -0.3 is 14.6 Å². The number of aromatic nitrogens is 1. The summed E-state index contributed by atoms with van der Waals surface area (Å²) < 4.78 is 11.4. The van der Waals surface area contributed by atoms with E-state index in [9.17, 15) is 4.79 Å². The number of nitrogens with zero attached hydrogens (tertiary/aromatic N) is 2. The van der Waals surface area contributed by atoms with Crippen molar-refractivity contribution in [3.05, 3.63) is 54.1 Å². The van der Waals surface area contributed by atoms with E-state index in [4.69, 9.17) is 9.26 Å². The molecule has 1 N–H and O–H groups in total. The number of amides is 1. The Morgan fingerprint density at radius 3 is 2.86 bits per heavy atom. The topological polar surface area (TPSA) is 67.6 Å². The van der Waals surface area contributed by atoms with Crippen LogP contribution in [0.25, 0.3) is 22.2 Å². The molecule has 1 aliphatic rings. The SMILES string of the molecule is CC(C)CN1CCOC(CNC(=O)c2ccc3noc(-c4ccccc4)c3c2)C1. The van der Waals surface area contributed by atoms with Gasteiger partial charge in [0.2, 0.25) is 0 Å². The molecule has 4 rings (SSSR count). The predicted molar refractivity (Wildman–Crippen MR) is 113 cm³/mol. The largest absolute Gasteiger partial charge is 0.374 e. The third-order valence-corrected chi connectivity index (χ3v) is 5.11. The number of carbonyl (C=O) groups excluding carboxylic acids is 1. The lowest BCUT2D eigenvalue weighted by atomic mass is 10.1. The zero-order valence-electron chi connectivity index (χ0n) is 16.9. The third kappa shape index (κ3) is 4.66. The van der Waals surface area contributed by atoms with Gasteiger partial charge in [0.25, 0.3) is 5.91 Å². The van der Waals surface area contributed by atoms with Gasteiger partial charge in [0, 0.05) is 37.3 Å². The van der Waals surface area contributed by atoms with Crippen molar-refractivity contribution in [1.29, 1.82) is 0 Å². The second-order valence-corrected chi connectivity index (χ2v) is 7.97. The second kappa shape index (κ2) is 8.76. The Kier molecular flexibility index (Phi) is 5.92. The number of rotatable bonds is 6. The molecule has 1 aliphatic heterocycles. The molecule has 1 unspecified atom stereocenters. The Morgan fingerprint density at radius 2 is 2.07 bits per heavy atom. The van der Waals surface area contributed by atoms with Crippen LogP contribution in [0.15, 0.2) is 53.1 Å². The molecular weight excluding hydrogens is 366 g/mol. The highest BCUT2D eigenvalue weighted by atomic mass is 16.5. The van der Waals surface area contributed by atoms with Crippen LogP contribution in [-0.4, -0.2) is 54.9 Å². The minimum absolute atomic E-state index is 0.0191. The lowest BCUT2D eigenvalue weighted by Gasteiger charge is -2.33. The summed E-state index contributed by atoms with van der Waals surface area (Å²) >= 11 is 0. The van der Waals surface area contributed by atoms with E-state index in [0.717, 1.165) is 36.1 Å². The average Bonchev–Trinajstić information content (AvgIpc) is 3.16. The zero-order chi connectivity index (χ0) is 20.2. The maximum Gasteiger partial charge on any atom is 0.251 e. The summed E-state index contributed by atoms with van der Waals surface area (Å²) in [5, 5.41) is 7.97. The molecule has 0 saturated carbocycles. The van der Waals surface area contributed by atoms with Crippen LogP contribution < -0.4 is 5.32 Å². The van der Waals surface area contributed by atoms with Crippen LogP contribution in [0.4, 0.5) is 0 Å².